The van der Waals surface area contributed by atoms with E-state index in [4.69, 9.17) is 0 Å². The van der Waals surface area contributed by atoms with E-state index in [-0.39, 0.29) is 0 Å². The lowest BCUT2D eigenvalue weighted by Crippen LogP contribution is -2.46. The number of aryl methyl sites for hydroxylation is 2. The topological polar surface area (TPSA) is 45.2 Å². The van der Waals surface area contributed by atoms with E-state index in [1.54, 1.807) is 17.7 Å². The molecule has 1 aliphatic rings. The van der Waals surface area contributed by atoms with Gasteiger partial charge in [0, 0.05) is 49.9 Å². The van der Waals surface area contributed by atoms with Crippen molar-refractivity contribution in [3.05, 3.63) is 34.2 Å². The summed E-state index contributed by atoms with van der Waals surface area (Å²) in [5.74, 6) is 1.07. The molecule has 0 bridgehead atoms. The average molecular weight is 289 g/mol. The minimum Gasteiger partial charge on any atom is -0.354 e. The first kappa shape index (κ1) is 13.5. The van der Waals surface area contributed by atoms with E-state index in [0.717, 1.165) is 49.1 Å². The van der Waals surface area contributed by atoms with Crippen LogP contribution in [0.1, 0.15) is 16.3 Å². The van der Waals surface area contributed by atoms with Gasteiger partial charge in [-0.15, -0.1) is 11.3 Å². The van der Waals surface area contributed by atoms with Crippen LogP contribution >= 0.6 is 11.3 Å². The van der Waals surface area contributed by atoms with Crippen molar-refractivity contribution in [2.75, 3.05) is 31.1 Å². The van der Waals surface area contributed by atoms with Crippen molar-refractivity contribution in [2.45, 2.75) is 20.4 Å². The van der Waals surface area contributed by atoms with Gasteiger partial charge in [0.15, 0.2) is 0 Å². The third-order valence-electron chi connectivity index (χ3n) is 3.59. The van der Waals surface area contributed by atoms with Crippen molar-refractivity contribution < 1.29 is 0 Å². The number of hydrogen-bond donors (Lipinski definition) is 0. The minimum absolute atomic E-state index is 0.959. The van der Waals surface area contributed by atoms with E-state index >= 15 is 0 Å². The fourth-order valence-electron chi connectivity index (χ4n) is 2.55. The zero-order chi connectivity index (χ0) is 13.9. The summed E-state index contributed by atoms with van der Waals surface area (Å²) >= 11 is 1.73. The first-order chi connectivity index (χ1) is 9.72. The summed E-state index contributed by atoms with van der Waals surface area (Å²) in [7, 11) is 0. The number of piperazine rings is 1. The Morgan fingerprint density at radius 2 is 2.00 bits per heavy atom. The van der Waals surface area contributed by atoms with Gasteiger partial charge in [-0.1, -0.05) is 0 Å². The molecule has 106 valence electrons. The molecule has 20 heavy (non-hydrogen) atoms. The lowest BCUT2D eigenvalue weighted by Gasteiger charge is -2.35. The lowest BCUT2D eigenvalue weighted by atomic mass is 10.2. The normalized spacial score (nSPS) is 16.6. The third kappa shape index (κ3) is 2.96. The van der Waals surface area contributed by atoms with Crippen molar-refractivity contribution in [1.29, 1.82) is 0 Å². The smallest absolute Gasteiger partial charge is 0.134 e. The van der Waals surface area contributed by atoms with Crippen molar-refractivity contribution >= 4 is 17.2 Å². The Hall–Kier alpha value is -1.53. The molecule has 0 aromatic carbocycles. The number of nitrogens with zero attached hydrogens (tertiary/aromatic N) is 5. The summed E-state index contributed by atoms with van der Waals surface area (Å²) in [5.41, 5.74) is 2.34. The Labute approximate surface area is 123 Å². The molecule has 0 aliphatic carbocycles. The molecule has 0 saturated carbocycles. The SMILES string of the molecule is Cc1nc(CN2CCN(c3ncncc3C)CC2)cs1. The summed E-state index contributed by atoms with van der Waals surface area (Å²) in [5, 5.41) is 3.31. The number of thiazole rings is 1. The number of hydrogen-bond acceptors (Lipinski definition) is 6. The van der Waals surface area contributed by atoms with Gasteiger partial charge in [0.2, 0.25) is 0 Å². The van der Waals surface area contributed by atoms with Crippen molar-refractivity contribution in [3.8, 4) is 0 Å². The van der Waals surface area contributed by atoms with Crippen LogP contribution < -0.4 is 4.90 Å². The molecule has 0 spiro atoms. The molecule has 3 rings (SSSR count). The second-order valence-corrected chi connectivity index (χ2v) is 6.21. The first-order valence-electron chi connectivity index (χ1n) is 6.87. The molecule has 2 aromatic rings. The molecule has 3 heterocycles. The highest BCUT2D eigenvalue weighted by Crippen LogP contribution is 2.18. The molecule has 2 aromatic heterocycles. The summed E-state index contributed by atoms with van der Waals surface area (Å²) in [6.45, 7) is 9.23. The monoisotopic (exact) mass is 289 g/mol. The second-order valence-electron chi connectivity index (χ2n) is 5.15. The number of rotatable bonds is 3. The van der Waals surface area contributed by atoms with Gasteiger partial charge in [0.1, 0.15) is 12.1 Å². The van der Waals surface area contributed by atoms with Crippen LogP contribution in [0, 0.1) is 13.8 Å². The van der Waals surface area contributed by atoms with Gasteiger partial charge >= 0.3 is 0 Å². The second kappa shape index (κ2) is 5.85. The molecule has 0 N–H and O–H groups in total. The number of aromatic nitrogens is 3. The fourth-order valence-corrected chi connectivity index (χ4v) is 3.16. The molecule has 0 atom stereocenters. The van der Waals surface area contributed by atoms with E-state index in [1.807, 2.05) is 6.20 Å². The quantitative estimate of drug-likeness (QED) is 0.863. The zero-order valence-electron chi connectivity index (χ0n) is 11.9. The van der Waals surface area contributed by atoms with Gasteiger partial charge in [0.05, 0.1) is 10.7 Å². The molecule has 1 aliphatic heterocycles. The van der Waals surface area contributed by atoms with Gasteiger partial charge in [-0.25, -0.2) is 15.0 Å². The Balaban J connectivity index is 1.58. The zero-order valence-corrected chi connectivity index (χ0v) is 12.7. The summed E-state index contributed by atoms with van der Waals surface area (Å²) in [6, 6.07) is 0. The highest BCUT2D eigenvalue weighted by atomic mass is 32.1. The summed E-state index contributed by atoms with van der Waals surface area (Å²) < 4.78 is 0. The molecule has 0 amide bonds. The molecule has 0 unspecified atom stereocenters. The van der Waals surface area contributed by atoms with Gasteiger partial charge in [-0.3, -0.25) is 4.90 Å². The minimum atomic E-state index is 0.959. The van der Waals surface area contributed by atoms with Crippen molar-refractivity contribution in [3.63, 3.8) is 0 Å². The first-order valence-corrected chi connectivity index (χ1v) is 7.75. The summed E-state index contributed by atoms with van der Waals surface area (Å²) in [6.07, 6.45) is 3.51. The maximum absolute atomic E-state index is 4.54. The van der Waals surface area contributed by atoms with Crippen LogP contribution in [0.3, 0.4) is 0 Å². The van der Waals surface area contributed by atoms with E-state index in [1.165, 1.54) is 5.69 Å². The maximum atomic E-state index is 4.54. The maximum Gasteiger partial charge on any atom is 0.134 e. The molecule has 1 fully saturated rings. The molecular weight excluding hydrogens is 270 g/mol. The van der Waals surface area contributed by atoms with E-state index in [9.17, 15) is 0 Å². The molecule has 5 nitrogen and oxygen atoms in total. The summed E-state index contributed by atoms with van der Waals surface area (Å²) in [4.78, 5) is 17.8. The van der Waals surface area contributed by atoms with Crippen LogP contribution in [-0.2, 0) is 6.54 Å². The predicted molar refractivity (Wildman–Crippen MR) is 81.1 cm³/mol. The van der Waals surface area contributed by atoms with Crippen molar-refractivity contribution in [2.24, 2.45) is 0 Å². The molecule has 6 heteroatoms. The predicted octanol–water partition coefficient (Wildman–Crippen LogP) is 1.87. The Bertz CT molecular complexity index is 574. The average Bonchev–Trinajstić information content (AvgIpc) is 2.86. The van der Waals surface area contributed by atoms with E-state index < -0.39 is 0 Å². The van der Waals surface area contributed by atoms with Crippen LogP contribution in [-0.4, -0.2) is 46.0 Å². The fraction of sp³-hybridized carbons (Fsp3) is 0.500. The van der Waals surface area contributed by atoms with E-state index in [2.05, 4.69) is 44.0 Å². The highest BCUT2D eigenvalue weighted by Gasteiger charge is 2.19. The van der Waals surface area contributed by atoms with Crippen LogP contribution in [0.5, 0.6) is 0 Å². The Morgan fingerprint density at radius 1 is 1.20 bits per heavy atom. The Morgan fingerprint density at radius 3 is 2.65 bits per heavy atom. The standard InChI is InChI=1S/C14H19N5S/c1-11-7-15-10-16-14(11)19-5-3-18(4-6-19)8-13-9-20-12(2)17-13/h7,9-10H,3-6,8H2,1-2H3. The van der Waals surface area contributed by atoms with Crippen molar-refractivity contribution in [1.82, 2.24) is 19.9 Å². The van der Waals surface area contributed by atoms with Crippen LogP contribution in [0.15, 0.2) is 17.9 Å². The highest BCUT2D eigenvalue weighted by molar-refractivity contribution is 7.09. The van der Waals surface area contributed by atoms with E-state index in [0.29, 0.717) is 0 Å². The molecular formula is C14H19N5S. The van der Waals surface area contributed by atoms with Crippen LogP contribution in [0.25, 0.3) is 0 Å². The van der Waals surface area contributed by atoms with Crippen LogP contribution in [0.2, 0.25) is 0 Å². The lowest BCUT2D eigenvalue weighted by molar-refractivity contribution is 0.247. The van der Waals surface area contributed by atoms with Crippen LogP contribution in [0.4, 0.5) is 5.82 Å². The van der Waals surface area contributed by atoms with Gasteiger partial charge < -0.3 is 4.90 Å². The largest absolute Gasteiger partial charge is 0.354 e. The van der Waals surface area contributed by atoms with Gasteiger partial charge in [0.25, 0.3) is 0 Å². The molecule has 0 radical (unpaired) electrons. The third-order valence-corrected chi connectivity index (χ3v) is 4.41. The van der Waals surface area contributed by atoms with Gasteiger partial charge in [-0.2, -0.15) is 0 Å². The molecule has 1 saturated heterocycles. The number of anilines is 1. The van der Waals surface area contributed by atoms with Gasteiger partial charge in [-0.05, 0) is 13.8 Å². The Kier molecular flexibility index (Phi) is 3.93.